The number of anilines is 2. The first kappa shape index (κ1) is 19.3. The largest absolute Gasteiger partial charge is 0.354 e. The van der Waals surface area contributed by atoms with Gasteiger partial charge in [-0.25, -0.2) is 4.98 Å². The van der Waals surface area contributed by atoms with Gasteiger partial charge >= 0.3 is 0 Å². The first-order valence-electron chi connectivity index (χ1n) is 10.1. The van der Waals surface area contributed by atoms with Crippen molar-refractivity contribution in [1.29, 1.82) is 0 Å². The van der Waals surface area contributed by atoms with E-state index in [0.717, 1.165) is 49.8 Å². The average molecular weight is 393 g/mol. The van der Waals surface area contributed by atoms with Crippen LogP contribution in [0.1, 0.15) is 25.1 Å². The molecule has 1 aliphatic rings. The van der Waals surface area contributed by atoms with Crippen molar-refractivity contribution in [2.24, 2.45) is 0 Å². The highest BCUT2D eigenvalue weighted by atomic mass is 16.2. The third kappa shape index (κ3) is 4.07. The molecule has 3 heterocycles. The molecule has 2 aromatic heterocycles. The minimum absolute atomic E-state index is 0.0288. The number of amides is 1. The molecule has 1 aliphatic heterocycles. The van der Waals surface area contributed by atoms with E-state index in [1.165, 1.54) is 11.9 Å². The summed E-state index contributed by atoms with van der Waals surface area (Å²) in [7, 11) is 0. The van der Waals surface area contributed by atoms with E-state index >= 15 is 0 Å². The smallest absolute Gasteiger partial charge is 0.254 e. The van der Waals surface area contributed by atoms with Crippen molar-refractivity contribution in [3.63, 3.8) is 0 Å². The van der Waals surface area contributed by atoms with Gasteiger partial charge in [-0.2, -0.15) is 14.6 Å². The van der Waals surface area contributed by atoms with Crippen molar-refractivity contribution in [1.82, 2.24) is 24.5 Å². The molecule has 1 unspecified atom stereocenters. The lowest BCUT2D eigenvalue weighted by molar-refractivity contribution is -0.120. The van der Waals surface area contributed by atoms with Crippen LogP contribution in [0.15, 0.2) is 36.7 Å². The van der Waals surface area contributed by atoms with Crippen molar-refractivity contribution in [3.05, 3.63) is 47.9 Å². The van der Waals surface area contributed by atoms with Crippen molar-refractivity contribution in [2.45, 2.75) is 33.2 Å². The number of aryl methyl sites for hydroxylation is 2. The molecule has 0 radical (unpaired) electrons. The summed E-state index contributed by atoms with van der Waals surface area (Å²) in [5, 5.41) is 7.34. The third-order valence-electron chi connectivity index (χ3n) is 5.56. The predicted molar refractivity (Wildman–Crippen MR) is 113 cm³/mol. The molecule has 0 bridgehead atoms. The maximum atomic E-state index is 12.7. The fourth-order valence-corrected chi connectivity index (χ4v) is 3.71. The number of aromatic nitrogens is 4. The van der Waals surface area contributed by atoms with Crippen molar-refractivity contribution in [2.75, 3.05) is 36.4 Å². The molecule has 1 N–H and O–H groups in total. The molecule has 0 spiro atoms. The zero-order valence-corrected chi connectivity index (χ0v) is 17.2. The topological polar surface area (TPSA) is 78.7 Å². The van der Waals surface area contributed by atoms with Crippen LogP contribution in [-0.4, -0.2) is 62.6 Å². The first-order valence-corrected chi connectivity index (χ1v) is 10.1. The quantitative estimate of drug-likeness (QED) is 0.716. The number of piperazine rings is 1. The molecular weight excluding hydrogens is 366 g/mol. The lowest BCUT2D eigenvalue weighted by Crippen LogP contribution is -2.53. The highest BCUT2D eigenvalue weighted by Crippen LogP contribution is 2.19. The van der Waals surface area contributed by atoms with Crippen LogP contribution in [0.2, 0.25) is 0 Å². The summed E-state index contributed by atoms with van der Waals surface area (Å²) in [6.07, 6.45) is 2.52. The highest BCUT2D eigenvalue weighted by Gasteiger charge is 2.27. The van der Waals surface area contributed by atoms with Gasteiger partial charge in [-0.15, -0.1) is 0 Å². The van der Waals surface area contributed by atoms with E-state index in [2.05, 4.69) is 49.2 Å². The molecule has 3 aromatic rings. The normalized spacial score (nSPS) is 16.2. The summed E-state index contributed by atoms with van der Waals surface area (Å²) in [5.41, 5.74) is 3.03. The van der Waals surface area contributed by atoms with Gasteiger partial charge in [-0.05, 0) is 38.0 Å². The Bertz CT molecular complexity index is 990. The molecule has 8 nitrogen and oxygen atoms in total. The van der Waals surface area contributed by atoms with Gasteiger partial charge in [0.25, 0.3) is 5.78 Å². The van der Waals surface area contributed by atoms with Crippen LogP contribution in [-0.2, 0) is 11.2 Å². The Morgan fingerprint density at radius 2 is 1.90 bits per heavy atom. The number of hydrogen-bond acceptors (Lipinski definition) is 6. The molecule has 1 saturated heterocycles. The average Bonchev–Trinajstić information content (AvgIpc) is 3.21. The van der Waals surface area contributed by atoms with Gasteiger partial charge in [0.05, 0.1) is 6.04 Å². The minimum atomic E-state index is -0.187. The number of nitrogens with one attached hydrogen (secondary N) is 1. The molecule has 0 aliphatic carbocycles. The second kappa shape index (κ2) is 8.16. The summed E-state index contributed by atoms with van der Waals surface area (Å²) in [4.78, 5) is 25.8. The van der Waals surface area contributed by atoms with Crippen LogP contribution in [0.25, 0.3) is 5.78 Å². The van der Waals surface area contributed by atoms with Gasteiger partial charge in [-0.3, -0.25) is 9.69 Å². The van der Waals surface area contributed by atoms with E-state index in [1.807, 2.05) is 32.0 Å². The second-order valence-electron chi connectivity index (χ2n) is 7.47. The van der Waals surface area contributed by atoms with E-state index < -0.39 is 0 Å². The monoisotopic (exact) mass is 393 g/mol. The molecule has 1 amide bonds. The Morgan fingerprint density at radius 1 is 1.17 bits per heavy atom. The van der Waals surface area contributed by atoms with E-state index in [1.54, 1.807) is 4.52 Å². The molecule has 8 heteroatoms. The summed E-state index contributed by atoms with van der Waals surface area (Å²) in [6.45, 7) is 9.31. The van der Waals surface area contributed by atoms with Crippen molar-refractivity contribution in [3.8, 4) is 0 Å². The van der Waals surface area contributed by atoms with Gasteiger partial charge in [0.15, 0.2) is 0 Å². The Morgan fingerprint density at radius 3 is 2.59 bits per heavy atom. The zero-order chi connectivity index (χ0) is 20.4. The summed E-state index contributed by atoms with van der Waals surface area (Å²) in [5.74, 6) is 1.64. The third-order valence-corrected chi connectivity index (χ3v) is 5.56. The lowest BCUT2D eigenvalue weighted by Gasteiger charge is -2.38. The molecular formula is C21H27N7O. The maximum absolute atomic E-state index is 12.7. The molecule has 1 aromatic carbocycles. The number of fused-ring (bicyclic) bond motifs is 1. The van der Waals surface area contributed by atoms with Gasteiger partial charge in [0.1, 0.15) is 12.1 Å². The van der Waals surface area contributed by atoms with Crippen LogP contribution < -0.4 is 10.2 Å². The predicted octanol–water partition coefficient (Wildman–Crippen LogP) is 2.14. The van der Waals surface area contributed by atoms with E-state index in [0.29, 0.717) is 5.78 Å². The van der Waals surface area contributed by atoms with Gasteiger partial charge in [0.2, 0.25) is 5.91 Å². The number of hydrogen-bond donors (Lipinski definition) is 1. The Balaban J connectivity index is 1.38. The van der Waals surface area contributed by atoms with E-state index in [9.17, 15) is 4.79 Å². The molecule has 29 heavy (non-hydrogen) atoms. The first-order chi connectivity index (χ1) is 14.0. The van der Waals surface area contributed by atoms with E-state index in [4.69, 9.17) is 0 Å². The van der Waals surface area contributed by atoms with Crippen molar-refractivity contribution < 1.29 is 4.79 Å². The van der Waals surface area contributed by atoms with Crippen LogP contribution in [0, 0.1) is 6.92 Å². The van der Waals surface area contributed by atoms with Crippen LogP contribution in [0.3, 0.4) is 0 Å². The summed E-state index contributed by atoms with van der Waals surface area (Å²) < 4.78 is 1.78. The minimum Gasteiger partial charge on any atom is -0.354 e. The van der Waals surface area contributed by atoms with Crippen LogP contribution in [0.4, 0.5) is 11.5 Å². The number of benzene rings is 1. The number of nitrogens with zero attached hydrogens (tertiary/aromatic N) is 6. The lowest BCUT2D eigenvalue weighted by atomic mass is 10.1. The fraction of sp³-hybridized carbons (Fsp3) is 0.429. The maximum Gasteiger partial charge on any atom is 0.254 e. The molecule has 1 fully saturated rings. The Labute approximate surface area is 170 Å². The standard InChI is InChI=1S/C21H27N7O/c1-4-17-5-7-18(8-6-17)25-20(29)16(3)26-9-11-27(12-10-26)19-13-15(2)24-21-22-14-23-28(19)21/h5-8,13-14,16H,4,9-12H2,1-3H3,(H,25,29). The van der Waals surface area contributed by atoms with Crippen LogP contribution >= 0.6 is 0 Å². The molecule has 0 saturated carbocycles. The number of carbonyl (C=O) groups excluding carboxylic acids is 1. The highest BCUT2D eigenvalue weighted by molar-refractivity contribution is 5.94. The second-order valence-corrected chi connectivity index (χ2v) is 7.47. The SMILES string of the molecule is CCc1ccc(NC(=O)C(C)N2CCN(c3cc(C)nc4ncnn34)CC2)cc1. The van der Waals surface area contributed by atoms with E-state index in [-0.39, 0.29) is 11.9 Å². The summed E-state index contributed by atoms with van der Waals surface area (Å²) >= 11 is 0. The Hall–Kier alpha value is -3.00. The number of carbonyl (C=O) groups is 1. The number of rotatable bonds is 5. The molecule has 1 atom stereocenters. The zero-order valence-electron chi connectivity index (χ0n) is 17.2. The summed E-state index contributed by atoms with van der Waals surface area (Å²) in [6, 6.07) is 9.90. The van der Waals surface area contributed by atoms with Gasteiger partial charge in [-0.1, -0.05) is 19.1 Å². The van der Waals surface area contributed by atoms with Crippen molar-refractivity contribution >= 4 is 23.2 Å². The van der Waals surface area contributed by atoms with Gasteiger partial charge in [0, 0.05) is 43.6 Å². The van der Waals surface area contributed by atoms with Gasteiger partial charge < -0.3 is 10.2 Å². The molecule has 4 rings (SSSR count). The van der Waals surface area contributed by atoms with Crippen LogP contribution in [0.5, 0.6) is 0 Å². The fourth-order valence-electron chi connectivity index (χ4n) is 3.71. The molecule has 152 valence electrons. The Kier molecular flexibility index (Phi) is 5.44.